The van der Waals surface area contributed by atoms with Gasteiger partial charge in [0.15, 0.2) is 0 Å². The van der Waals surface area contributed by atoms with Crippen LogP contribution in [-0.2, 0) is 0 Å². The summed E-state index contributed by atoms with van der Waals surface area (Å²) in [6.45, 7) is 0. The van der Waals surface area contributed by atoms with E-state index >= 15 is 0 Å². The van der Waals surface area contributed by atoms with Crippen molar-refractivity contribution in [3.8, 4) is 22.3 Å². The maximum absolute atomic E-state index is 2.77. The molecule has 0 aliphatic carbocycles. The lowest BCUT2D eigenvalue weighted by Gasteiger charge is -2.08. The number of hydrogen-bond donors (Lipinski definition) is 0. The number of benzene rings is 3. The fourth-order valence-corrected chi connectivity index (χ4v) is 3.66. The highest BCUT2D eigenvalue weighted by atomic mass is 127. The topological polar surface area (TPSA) is 0 Å². The van der Waals surface area contributed by atoms with Gasteiger partial charge in [-0.25, -0.2) is 0 Å². The molecule has 3 aromatic rings. The molecule has 0 nitrogen and oxygen atoms in total. The predicted molar refractivity (Wildman–Crippen MR) is 121 cm³/mol. The molecule has 110 valence electrons. The van der Waals surface area contributed by atoms with Gasteiger partial charge in [0.2, 0.25) is 0 Å². The van der Waals surface area contributed by atoms with Gasteiger partial charge in [-0.1, -0.05) is 48.5 Å². The van der Waals surface area contributed by atoms with Gasteiger partial charge in [0.1, 0.15) is 0 Å². The van der Waals surface area contributed by atoms with Crippen molar-refractivity contribution in [3.05, 3.63) is 67.8 Å². The Morgan fingerprint density at radius 1 is 0.500 bits per heavy atom. The molecule has 0 saturated heterocycles. The minimum Gasteiger partial charge on any atom is -0.104 e. The summed E-state index contributed by atoms with van der Waals surface area (Å²) in [7, 11) is 5.54. The summed E-state index contributed by atoms with van der Waals surface area (Å²) in [5.74, 6) is 0. The molecule has 4 heteroatoms. The largest absolute Gasteiger partial charge is 0.104 e. The molecule has 0 heterocycles. The van der Waals surface area contributed by atoms with Crippen molar-refractivity contribution in [1.29, 1.82) is 0 Å². The molecule has 0 spiro atoms. The van der Waals surface area contributed by atoms with Crippen LogP contribution in [0.3, 0.4) is 0 Å². The van der Waals surface area contributed by atoms with Gasteiger partial charge in [0.25, 0.3) is 0 Å². The Kier molecular flexibility index (Phi) is 5.55. The lowest BCUT2D eigenvalue weighted by Crippen LogP contribution is -1.96. The number of rotatable bonds is 2. The second-order valence-corrected chi connectivity index (χ2v) is 8.62. The Labute approximate surface area is 163 Å². The van der Waals surface area contributed by atoms with Gasteiger partial charge in [0, 0.05) is 7.14 Å². The zero-order valence-corrected chi connectivity index (χ0v) is 18.3. The maximum atomic E-state index is 2.77. The fourth-order valence-electron chi connectivity index (χ4n) is 2.27. The molecule has 0 saturated carbocycles. The molecule has 0 radical (unpaired) electrons. The van der Waals surface area contributed by atoms with E-state index in [4.69, 9.17) is 0 Å². The maximum Gasteiger partial charge on any atom is 0.0208 e. The molecular weight excluding hydrogens is 532 g/mol. The van der Waals surface area contributed by atoms with Gasteiger partial charge in [-0.15, -0.1) is 18.5 Å². The highest BCUT2D eigenvalue weighted by molar-refractivity contribution is 14.1. The predicted octanol–water partition coefficient (Wildman–Crippen LogP) is 5.23. The minimum absolute atomic E-state index is 1.24. The van der Waals surface area contributed by atoms with Crippen LogP contribution in [-0.4, -0.2) is 0 Å². The zero-order chi connectivity index (χ0) is 15.7. The molecule has 2 unspecified atom stereocenters. The summed E-state index contributed by atoms with van der Waals surface area (Å²) in [4.78, 5) is 0. The van der Waals surface area contributed by atoms with E-state index in [2.05, 4.69) is 124 Å². The zero-order valence-electron chi connectivity index (χ0n) is 11.7. The van der Waals surface area contributed by atoms with Crippen molar-refractivity contribution in [3.63, 3.8) is 0 Å². The first kappa shape index (κ1) is 16.8. The molecule has 3 aromatic carbocycles. The first-order valence-electron chi connectivity index (χ1n) is 6.75. The van der Waals surface area contributed by atoms with Gasteiger partial charge in [-0.3, -0.25) is 0 Å². The summed E-state index contributed by atoms with van der Waals surface area (Å²) in [5, 5.41) is 2.49. The van der Waals surface area contributed by atoms with Crippen molar-refractivity contribution in [2.45, 2.75) is 0 Å². The Hall–Kier alpha value is -0.0200. The fraction of sp³-hybridized carbons (Fsp3) is 0. The van der Waals surface area contributed by atoms with Crippen LogP contribution in [0.2, 0.25) is 0 Å². The third kappa shape index (κ3) is 3.72. The van der Waals surface area contributed by atoms with E-state index < -0.39 is 0 Å². The SMILES string of the molecule is Pc1ccc(-c2ccc(-c3ccc(P)c(I)c3)cc2)cc1I. The Morgan fingerprint density at radius 3 is 1.14 bits per heavy atom. The summed E-state index contributed by atoms with van der Waals surface area (Å²) >= 11 is 4.75. The van der Waals surface area contributed by atoms with Crippen molar-refractivity contribution < 1.29 is 0 Å². The lowest BCUT2D eigenvalue weighted by molar-refractivity contribution is 1.59. The highest BCUT2D eigenvalue weighted by Gasteiger charge is 2.04. The summed E-state index contributed by atoms with van der Waals surface area (Å²) in [5.41, 5.74) is 5.03. The van der Waals surface area contributed by atoms with Crippen LogP contribution in [0.5, 0.6) is 0 Å². The highest BCUT2D eigenvalue weighted by Crippen LogP contribution is 2.26. The average Bonchev–Trinajstić information content (AvgIpc) is 2.53. The molecule has 0 aliphatic heterocycles. The molecule has 0 fully saturated rings. The van der Waals surface area contributed by atoms with Crippen LogP contribution < -0.4 is 10.6 Å². The van der Waals surface area contributed by atoms with E-state index in [0.717, 1.165) is 0 Å². The Balaban J connectivity index is 1.95. The van der Waals surface area contributed by atoms with Crippen LogP contribution >= 0.6 is 63.7 Å². The molecule has 22 heavy (non-hydrogen) atoms. The molecule has 0 bridgehead atoms. The van der Waals surface area contributed by atoms with Gasteiger partial charge in [-0.05, 0) is 90.2 Å². The van der Waals surface area contributed by atoms with Crippen molar-refractivity contribution >= 4 is 74.3 Å². The first-order chi connectivity index (χ1) is 10.5. The minimum atomic E-state index is 1.24. The molecule has 2 atom stereocenters. The summed E-state index contributed by atoms with van der Waals surface area (Å²) in [6, 6.07) is 21.9. The quantitative estimate of drug-likeness (QED) is 0.306. The molecule has 3 rings (SSSR count). The van der Waals surface area contributed by atoms with Crippen LogP contribution in [0.4, 0.5) is 0 Å². The van der Waals surface area contributed by atoms with E-state index in [1.807, 2.05) is 0 Å². The summed E-state index contributed by atoms with van der Waals surface area (Å²) in [6.07, 6.45) is 0. The molecule has 0 aliphatic rings. The number of hydrogen-bond acceptors (Lipinski definition) is 0. The second kappa shape index (κ2) is 7.25. The van der Waals surface area contributed by atoms with Crippen molar-refractivity contribution in [2.75, 3.05) is 0 Å². The van der Waals surface area contributed by atoms with E-state index in [-0.39, 0.29) is 0 Å². The van der Waals surface area contributed by atoms with Crippen LogP contribution in [0, 0.1) is 7.14 Å². The normalized spacial score (nSPS) is 10.7. The lowest BCUT2D eigenvalue weighted by atomic mass is 10.0. The van der Waals surface area contributed by atoms with Gasteiger partial charge < -0.3 is 0 Å². The molecular formula is C18H14I2P2. The standard InChI is InChI=1S/C18H14I2P2/c19-15-9-13(5-7-17(15)21)11-1-2-12(4-3-11)14-6-8-18(22)16(20)10-14/h1-10H,21-22H2. The van der Waals surface area contributed by atoms with Crippen molar-refractivity contribution in [2.24, 2.45) is 0 Å². The van der Waals surface area contributed by atoms with E-state index in [9.17, 15) is 0 Å². The average molecular weight is 546 g/mol. The van der Waals surface area contributed by atoms with Gasteiger partial charge >= 0.3 is 0 Å². The van der Waals surface area contributed by atoms with Crippen molar-refractivity contribution in [1.82, 2.24) is 0 Å². The first-order valence-corrected chi connectivity index (χ1v) is 10.1. The van der Waals surface area contributed by atoms with Gasteiger partial charge in [0.05, 0.1) is 0 Å². The molecule has 0 N–H and O–H groups in total. The summed E-state index contributed by atoms with van der Waals surface area (Å²) < 4.78 is 2.55. The van der Waals surface area contributed by atoms with E-state index in [1.165, 1.54) is 40.0 Å². The van der Waals surface area contributed by atoms with Gasteiger partial charge in [-0.2, -0.15) is 0 Å². The van der Waals surface area contributed by atoms with Crippen LogP contribution in [0.15, 0.2) is 60.7 Å². The van der Waals surface area contributed by atoms with Crippen LogP contribution in [0.25, 0.3) is 22.3 Å². The van der Waals surface area contributed by atoms with E-state index in [0.29, 0.717) is 0 Å². The smallest absolute Gasteiger partial charge is 0.0208 e. The second-order valence-electron chi connectivity index (χ2n) is 5.05. The third-order valence-electron chi connectivity index (χ3n) is 3.55. The molecule has 0 aromatic heterocycles. The third-order valence-corrected chi connectivity index (χ3v) is 7.60. The van der Waals surface area contributed by atoms with E-state index in [1.54, 1.807) is 0 Å². The monoisotopic (exact) mass is 546 g/mol. The molecule has 0 amide bonds. The Bertz CT molecular complexity index is 756. The Morgan fingerprint density at radius 2 is 0.818 bits per heavy atom. The van der Waals surface area contributed by atoms with Crippen LogP contribution in [0.1, 0.15) is 0 Å². The number of halogens is 2.